The van der Waals surface area contributed by atoms with Gasteiger partial charge in [-0.2, -0.15) is 5.26 Å². The number of alkyl halides is 1. The van der Waals surface area contributed by atoms with Crippen LogP contribution in [0.2, 0.25) is 5.02 Å². The summed E-state index contributed by atoms with van der Waals surface area (Å²) in [5, 5.41) is 15.4. The van der Waals surface area contributed by atoms with Crippen LogP contribution in [0.1, 0.15) is 30.2 Å². The van der Waals surface area contributed by atoms with Gasteiger partial charge in [0.2, 0.25) is 11.8 Å². The van der Waals surface area contributed by atoms with Crippen LogP contribution in [0.5, 0.6) is 0 Å². The van der Waals surface area contributed by atoms with E-state index in [-0.39, 0.29) is 18.2 Å². The lowest BCUT2D eigenvalue weighted by Crippen LogP contribution is -2.52. The molecule has 1 aliphatic rings. The van der Waals surface area contributed by atoms with Crippen molar-refractivity contribution < 1.29 is 14.0 Å². The van der Waals surface area contributed by atoms with Gasteiger partial charge in [0.05, 0.1) is 18.4 Å². The molecule has 0 saturated heterocycles. The second-order valence-electron chi connectivity index (χ2n) is 7.79. The molecule has 0 aliphatic heterocycles. The molecule has 9 heteroatoms. The van der Waals surface area contributed by atoms with Gasteiger partial charge in [-0.25, -0.2) is 4.98 Å². The molecule has 1 aliphatic carbocycles. The predicted molar refractivity (Wildman–Crippen MR) is 120 cm³/mol. The number of oxazole rings is 1. The van der Waals surface area contributed by atoms with Crippen LogP contribution in [-0.2, 0) is 16.0 Å². The first-order chi connectivity index (χ1) is 15.4. The van der Waals surface area contributed by atoms with Crippen LogP contribution < -0.4 is 10.6 Å². The molecule has 2 atom stereocenters. The fraction of sp³-hybridized carbons (Fsp3) is 0.304. The molecule has 3 aromatic rings. The van der Waals surface area contributed by atoms with E-state index in [0.717, 1.165) is 5.56 Å². The van der Waals surface area contributed by atoms with E-state index in [1.54, 1.807) is 30.3 Å². The first-order valence-corrected chi connectivity index (χ1v) is 11.0. The molecule has 0 spiro atoms. The smallest absolute Gasteiger partial charge is 0.244 e. The van der Waals surface area contributed by atoms with Crippen LogP contribution in [0.4, 0.5) is 0 Å². The van der Waals surface area contributed by atoms with Crippen molar-refractivity contribution in [2.45, 2.75) is 36.8 Å². The Morgan fingerprint density at radius 3 is 2.59 bits per heavy atom. The minimum atomic E-state index is -0.994. The summed E-state index contributed by atoms with van der Waals surface area (Å²) in [4.78, 5) is 30.4. The van der Waals surface area contributed by atoms with Crippen molar-refractivity contribution in [1.29, 1.82) is 5.26 Å². The topological polar surface area (TPSA) is 108 Å². The van der Waals surface area contributed by atoms with Crippen molar-refractivity contribution in [2.24, 2.45) is 0 Å². The number of fused-ring (bicyclic) bond motifs is 1. The molecule has 1 heterocycles. The molecule has 1 saturated carbocycles. The van der Waals surface area contributed by atoms with E-state index >= 15 is 0 Å². The molecule has 2 unspecified atom stereocenters. The van der Waals surface area contributed by atoms with Gasteiger partial charge in [0.1, 0.15) is 17.1 Å². The predicted octanol–water partition coefficient (Wildman–Crippen LogP) is 3.70. The summed E-state index contributed by atoms with van der Waals surface area (Å²) in [6, 6.07) is 15.3. The maximum atomic E-state index is 13.0. The zero-order chi connectivity index (χ0) is 22.7. The summed E-state index contributed by atoms with van der Waals surface area (Å²) < 4.78 is 5.74. The van der Waals surface area contributed by atoms with E-state index in [1.165, 1.54) is 0 Å². The van der Waals surface area contributed by atoms with E-state index < -0.39 is 29.3 Å². The lowest BCUT2D eigenvalue weighted by Gasteiger charge is -2.22. The van der Waals surface area contributed by atoms with Crippen molar-refractivity contribution in [1.82, 2.24) is 15.6 Å². The average Bonchev–Trinajstić information content (AvgIpc) is 3.45. The largest absolute Gasteiger partial charge is 0.441 e. The second-order valence-corrected chi connectivity index (χ2v) is 8.53. The monoisotopic (exact) mass is 470 g/mol. The normalized spacial score (nSPS) is 16.0. The van der Waals surface area contributed by atoms with E-state index in [0.29, 0.717) is 29.0 Å². The molecule has 2 amide bonds. The highest BCUT2D eigenvalue weighted by Crippen LogP contribution is 2.34. The number of nitriles is 1. The first kappa shape index (κ1) is 22.1. The Bertz CT molecular complexity index is 1180. The van der Waals surface area contributed by atoms with Crippen molar-refractivity contribution >= 4 is 46.1 Å². The highest BCUT2D eigenvalue weighted by molar-refractivity contribution is 6.31. The fourth-order valence-corrected chi connectivity index (χ4v) is 3.89. The zero-order valence-electron chi connectivity index (χ0n) is 17.0. The molecule has 164 valence electrons. The number of nitrogens with one attached hydrogen (secondary N) is 2. The summed E-state index contributed by atoms with van der Waals surface area (Å²) >= 11 is 12.1. The maximum absolute atomic E-state index is 13.0. The molecule has 7 nitrogen and oxygen atoms in total. The summed E-state index contributed by atoms with van der Waals surface area (Å²) in [5.41, 5.74) is 0.941. The Kier molecular flexibility index (Phi) is 6.35. The van der Waals surface area contributed by atoms with Gasteiger partial charge in [-0.1, -0.05) is 41.9 Å². The number of rotatable bonds is 8. The highest BCUT2D eigenvalue weighted by atomic mass is 35.5. The molecular formula is C23H20Cl2N4O3. The summed E-state index contributed by atoms with van der Waals surface area (Å²) in [5.74, 6) is -1.19. The molecule has 0 radical (unpaired) electrons. The zero-order valence-corrected chi connectivity index (χ0v) is 18.5. The Labute approximate surface area is 194 Å². The molecule has 1 aromatic heterocycles. The Morgan fingerprint density at radius 2 is 1.94 bits per heavy atom. The van der Waals surface area contributed by atoms with E-state index in [2.05, 4.69) is 21.7 Å². The Morgan fingerprint density at radius 1 is 1.19 bits per heavy atom. The Hall–Kier alpha value is -3.08. The third-order valence-corrected chi connectivity index (χ3v) is 5.95. The number of aromatic nitrogens is 1. The molecular weight excluding hydrogens is 451 g/mol. The van der Waals surface area contributed by atoms with E-state index in [1.807, 2.05) is 18.2 Å². The number of carbonyl (C=O) groups is 2. The van der Waals surface area contributed by atoms with Crippen molar-refractivity contribution in [3.63, 3.8) is 0 Å². The third kappa shape index (κ3) is 4.87. The van der Waals surface area contributed by atoms with Gasteiger partial charge >= 0.3 is 0 Å². The van der Waals surface area contributed by atoms with Crippen LogP contribution in [0.3, 0.4) is 0 Å². The third-order valence-electron chi connectivity index (χ3n) is 5.40. The standard InChI is InChI=1S/C23H20Cl2N4O3/c24-12-16(14-4-2-1-3-5-14)21(30)28-18(22(31)29-23(13-26)8-9-23)11-20-27-17-10-15(25)6-7-19(17)32-20/h1-7,10,16,18H,8-9,11-12H2,(H,28,30)(H,29,31). The van der Waals surface area contributed by atoms with Gasteiger partial charge in [0.25, 0.3) is 0 Å². The lowest BCUT2D eigenvalue weighted by atomic mass is 9.99. The minimum Gasteiger partial charge on any atom is -0.441 e. The van der Waals surface area contributed by atoms with Crippen molar-refractivity contribution in [2.75, 3.05) is 5.88 Å². The molecule has 2 aromatic carbocycles. The number of carbonyl (C=O) groups excluding carboxylic acids is 2. The molecule has 2 N–H and O–H groups in total. The van der Waals surface area contributed by atoms with Gasteiger partial charge in [-0.3, -0.25) is 9.59 Å². The van der Waals surface area contributed by atoms with Gasteiger partial charge < -0.3 is 15.1 Å². The van der Waals surface area contributed by atoms with Crippen molar-refractivity contribution in [3.8, 4) is 6.07 Å². The van der Waals surface area contributed by atoms with E-state index in [4.69, 9.17) is 27.6 Å². The number of nitrogens with zero attached hydrogens (tertiary/aromatic N) is 2. The van der Waals surface area contributed by atoms with Gasteiger partial charge in [0.15, 0.2) is 11.5 Å². The number of hydrogen-bond donors (Lipinski definition) is 2. The van der Waals surface area contributed by atoms with Crippen LogP contribution in [0.15, 0.2) is 52.9 Å². The van der Waals surface area contributed by atoms with Crippen LogP contribution in [0, 0.1) is 11.3 Å². The number of halogens is 2. The average molecular weight is 471 g/mol. The molecule has 4 rings (SSSR count). The van der Waals surface area contributed by atoms with Crippen LogP contribution >= 0.6 is 23.2 Å². The fourth-order valence-electron chi connectivity index (χ4n) is 3.40. The minimum absolute atomic E-state index is 0.00910. The quantitative estimate of drug-likeness (QED) is 0.487. The molecule has 1 fully saturated rings. The first-order valence-electron chi connectivity index (χ1n) is 10.1. The Balaban J connectivity index is 1.57. The lowest BCUT2D eigenvalue weighted by molar-refractivity contribution is -0.130. The van der Waals surface area contributed by atoms with E-state index in [9.17, 15) is 14.9 Å². The highest BCUT2D eigenvalue weighted by Gasteiger charge is 2.46. The summed E-state index contributed by atoms with van der Waals surface area (Å²) in [6.45, 7) is 0. The number of hydrogen-bond acceptors (Lipinski definition) is 5. The van der Waals surface area contributed by atoms with Crippen LogP contribution in [-0.4, -0.2) is 34.3 Å². The van der Waals surface area contributed by atoms with Crippen LogP contribution in [0.25, 0.3) is 11.1 Å². The maximum Gasteiger partial charge on any atom is 0.244 e. The number of amides is 2. The summed E-state index contributed by atoms with van der Waals surface area (Å²) in [6.07, 6.45) is 1.16. The van der Waals surface area contributed by atoms with Gasteiger partial charge in [0, 0.05) is 10.9 Å². The molecule has 0 bridgehead atoms. The molecule has 32 heavy (non-hydrogen) atoms. The summed E-state index contributed by atoms with van der Waals surface area (Å²) in [7, 11) is 0. The van der Waals surface area contributed by atoms with Gasteiger partial charge in [-0.05, 0) is 36.6 Å². The second kappa shape index (κ2) is 9.19. The van der Waals surface area contributed by atoms with Crippen molar-refractivity contribution in [3.05, 3.63) is 65.0 Å². The van der Waals surface area contributed by atoms with Gasteiger partial charge in [-0.15, -0.1) is 11.6 Å². The SMILES string of the molecule is N#CC1(NC(=O)C(Cc2nc3cc(Cl)ccc3o2)NC(=O)C(CCl)c2ccccc2)CC1. The number of benzene rings is 2.